The Morgan fingerprint density at radius 2 is 1.92 bits per heavy atom. The Balaban J connectivity index is 1.49. The first kappa shape index (κ1) is 24.6. The zero-order valence-electron chi connectivity index (χ0n) is 21.7. The summed E-state index contributed by atoms with van der Waals surface area (Å²) in [5.41, 5.74) is 1.87. The summed E-state index contributed by atoms with van der Waals surface area (Å²) in [6.45, 7) is 10.9. The summed E-state index contributed by atoms with van der Waals surface area (Å²) in [6, 6.07) is 10.2. The Hall–Kier alpha value is -3.10. The minimum absolute atomic E-state index is 0.0344. The SMILES string of the molecule is CC(=O)N1CC[C@@H](c2nc(-c3cncc([C@@](O)(c4ccc(C(C)C)cc4)C4(C)CN(C)C4)c3)no2)C1. The molecule has 2 saturated heterocycles. The van der Waals surface area contributed by atoms with Gasteiger partial charge in [0.25, 0.3) is 0 Å². The van der Waals surface area contributed by atoms with Crippen LogP contribution in [-0.2, 0) is 10.4 Å². The maximum Gasteiger partial charge on any atom is 0.231 e. The van der Waals surface area contributed by atoms with Crippen LogP contribution in [0.5, 0.6) is 0 Å². The standard InChI is InChI=1S/C28H35N5O3/c1-18(2)20-6-8-23(9-7-20)28(35,27(4)16-32(5)17-27)24-12-22(13-29-14-24)25-30-26(36-31-25)21-10-11-33(15-21)19(3)34/h6-9,12-14,18,21,35H,10-11,15-17H2,1-5H3/t21-,28+/m1/s1. The van der Waals surface area contributed by atoms with Crippen molar-refractivity contribution in [2.24, 2.45) is 5.41 Å². The average Bonchev–Trinajstić information content (AvgIpc) is 3.53. The second-order valence-corrected chi connectivity index (χ2v) is 11.1. The van der Waals surface area contributed by atoms with Crippen molar-refractivity contribution in [2.45, 2.75) is 51.6 Å². The molecule has 0 saturated carbocycles. The lowest BCUT2D eigenvalue weighted by atomic mass is 9.62. The molecule has 36 heavy (non-hydrogen) atoms. The molecule has 2 aliphatic heterocycles. The highest BCUT2D eigenvalue weighted by molar-refractivity contribution is 5.73. The molecular formula is C28H35N5O3. The summed E-state index contributed by atoms with van der Waals surface area (Å²) < 4.78 is 5.59. The number of nitrogens with zero attached hydrogens (tertiary/aromatic N) is 5. The number of likely N-dealkylation sites (tertiary alicyclic amines) is 2. The fourth-order valence-electron chi connectivity index (χ4n) is 5.87. The maximum absolute atomic E-state index is 12.4. The first-order valence-corrected chi connectivity index (χ1v) is 12.7. The van der Waals surface area contributed by atoms with Gasteiger partial charge in [-0.15, -0.1) is 0 Å². The lowest BCUT2D eigenvalue weighted by Crippen LogP contribution is -2.63. The van der Waals surface area contributed by atoms with E-state index in [0.29, 0.717) is 41.8 Å². The molecule has 2 fully saturated rings. The fourth-order valence-corrected chi connectivity index (χ4v) is 5.87. The van der Waals surface area contributed by atoms with Gasteiger partial charge in [0.2, 0.25) is 17.6 Å². The predicted molar refractivity (Wildman–Crippen MR) is 136 cm³/mol. The Kier molecular flexibility index (Phi) is 6.21. The zero-order valence-corrected chi connectivity index (χ0v) is 21.7. The summed E-state index contributed by atoms with van der Waals surface area (Å²) in [7, 11) is 2.07. The van der Waals surface area contributed by atoms with Gasteiger partial charge in [0.15, 0.2) is 0 Å². The smallest absolute Gasteiger partial charge is 0.231 e. The Morgan fingerprint density at radius 1 is 1.19 bits per heavy atom. The number of aromatic nitrogens is 3. The van der Waals surface area contributed by atoms with Gasteiger partial charge in [-0.1, -0.05) is 50.2 Å². The number of benzene rings is 1. The lowest BCUT2D eigenvalue weighted by Gasteiger charge is -2.55. The second-order valence-electron chi connectivity index (χ2n) is 11.1. The monoisotopic (exact) mass is 489 g/mol. The number of hydrogen-bond acceptors (Lipinski definition) is 7. The van der Waals surface area contributed by atoms with E-state index in [-0.39, 0.29) is 17.2 Å². The van der Waals surface area contributed by atoms with Crippen molar-refractivity contribution in [2.75, 3.05) is 33.2 Å². The molecule has 0 bridgehead atoms. The van der Waals surface area contributed by atoms with Crippen LogP contribution in [0.25, 0.3) is 11.4 Å². The molecule has 3 aromatic rings. The minimum Gasteiger partial charge on any atom is -0.380 e. The molecule has 8 nitrogen and oxygen atoms in total. The molecule has 2 atom stereocenters. The van der Waals surface area contributed by atoms with E-state index < -0.39 is 5.60 Å². The van der Waals surface area contributed by atoms with Crippen LogP contribution in [0.2, 0.25) is 0 Å². The van der Waals surface area contributed by atoms with Crippen LogP contribution in [0.3, 0.4) is 0 Å². The van der Waals surface area contributed by atoms with Crippen LogP contribution in [-0.4, -0.2) is 69.2 Å². The van der Waals surface area contributed by atoms with Crippen LogP contribution in [0, 0.1) is 5.41 Å². The van der Waals surface area contributed by atoms with Crippen molar-refractivity contribution >= 4 is 5.91 Å². The van der Waals surface area contributed by atoms with Gasteiger partial charge >= 0.3 is 0 Å². The molecule has 1 N–H and O–H groups in total. The van der Waals surface area contributed by atoms with E-state index in [1.807, 2.05) is 18.2 Å². The molecule has 0 radical (unpaired) electrons. The average molecular weight is 490 g/mol. The number of aliphatic hydroxyl groups is 1. The van der Waals surface area contributed by atoms with Gasteiger partial charge < -0.3 is 19.4 Å². The van der Waals surface area contributed by atoms with Gasteiger partial charge in [0.1, 0.15) is 5.60 Å². The van der Waals surface area contributed by atoms with E-state index >= 15 is 0 Å². The molecule has 8 heteroatoms. The molecule has 5 rings (SSSR count). The van der Waals surface area contributed by atoms with Crippen LogP contribution in [0.15, 0.2) is 47.2 Å². The van der Waals surface area contributed by atoms with Gasteiger partial charge in [-0.3, -0.25) is 9.78 Å². The summed E-state index contributed by atoms with van der Waals surface area (Å²) in [5, 5.41) is 16.7. The van der Waals surface area contributed by atoms with Crippen molar-refractivity contribution in [1.29, 1.82) is 0 Å². The Bertz CT molecular complexity index is 1250. The van der Waals surface area contributed by atoms with Gasteiger partial charge in [0.05, 0.1) is 5.92 Å². The highest BCUT2D eigenvalue weighted by Crippen LogP contribution is 2.50. The third-order valence-electron chi connectivity index (χ3n) is 7.95. The maximum atomic E-state index is 12.4. The van der Waals surface area contributed by atoms with Gasteiger partial charge in [0, 0.05) is 62.0 Å². The second kappa shape index (κ2) is 9.09. The topological polar surface area (TPSA) is 95.6 Å². The molecule has 1 aromatic carbocycles. The zero-order chi connectivity index (χ0) is 25.7. The molecule has 0 unspecified atom stereocenters. The predicted octanol–water partition coefficient (Wildman–Crippen LogP) is 3.78. The summed E-state index contributed by atoms with van der Waals surface area (Å²) in [4.78, 5) is 24.8. The van der Waals surface area contributed by atoms with E-state index in [1.165, 1.54) is 5.56 Å². The first-order chi connectivity index (χ1) is 17.1. The molecule has 1 amide bonds. The Morgan fingerprint density at radius 3 is 2.53 bits per heavy atom. The lowest BCUT2D eigenvalue weighted by molar-refractivity contribution is -0.127. The van der Waals surface area contributed by atoms with E-state index in [9.17, 15) is 9.90 Å². The number of amides is 1. The molecule has 4 heterocycles. The number of carbonyl (C=O) groups excluding carboxylic acids is 1. The number of rotatable bonds is 6. The summed E-state index contributed by atoms with van der Waals surface area (Å²) in [5.74, 6) is 1.48. The van der Waals surface area contributed by atoms with Crippen molar-refractivity contribution in [3.63, 3.8) is 0 Å². The number of hydrogen-bond donors (Lipinski definition) is 1. The third kappa shape index (κ3) is 4.12. The molecule has 0 spiro atoms. The minimum atomic E-state index is -1.24. The molecule has 0 aliphatic carbocycles. The first-order valence-electron chi connectivity index (χ1n) is 12.7. The van der Waals surface area contributed by atoms with Gasteiger partial charge in [-0.05, 0) is 36.6 Å². The third-order valence-corrected chi connectivity index (χ3v) is 7.95. The van der Waals surface area contributed by atoms with E-state index in [0.717, 1.165) is 25.1 Å². The van der Waals surface area contributed by atoms with E-state index in [2.05, 4.69) is 60.0 Å². The van der Waals surface area contributed by atoms with E-state index in [4.69, 9.17) is 4.52 Å². The summed E-state index contributed by atoms with van der Waals surface area (Å²) >= 11 is 0. The van der Waals surface area contributed by atoms with Crippen molar-refractivity contribution < 1.29 is 14.4 Å². The van der Waals surface area contributed by atoms with Crippen LogP contribution in [0.1, 0.15) is 68.5 Å². The van der Waals surface area contributed by atoms with Gasteiger partial charge in [-0.25, -0.2) is 0 Å². The van der Waals surface area contributed by atoms with Gasteiger partial charge in [-0.2, -0.15) is 4.98 Å². The van der Waals surface area contributed by atoms with E-state index in [1.54, 1.807) is 24.2 Å². The molecule has 190 valence electrons. The highest BCUT2D eigenvalue weighted by atomic mass is 16.5. The number of carbonyl (C=O) groups is 1. The van der Waals surface area contributed by atoms with Crippen LogP contribution < -0.4 is 0 Å². The summed E-state index contributed by atoms with van der Waals surface area (Å²) in [6.07, 6.45) is 4.25. The fraction of sp³-hybridized carbons (Fsp3) is 0.500. The molecular weight excluding hydrogens is 454 g/mol. The largest absolute Gasteiger partial charge is 0.380 e. The Labute approximate surface area is 212 Å². The normalized spacial score (nSPS) is 21.4. The molecule has 2 aliphatic rings. The molecule has 2 aromatic heterocycles. The van der Waals surface area contributed by atoms with Crippen molar-refractivity contribution in [1.82, 2.24) is 24.9 Å². The van der Waals surface area contributed by atoms with Crippen LogP contribution >= 0.6 is 0 Å². The van der Waals surface area contributed by atoms with Crippen molar-refractivity contribution in [3.05, 3.63) is 65.3 Å². The van der Waals surface area contributed by atoms with Crippen molar-refractivity contribution in [3.8, 4) is 11.4 Å². The number of pyridine rings is 1. The van der Waals surface area contributed by atoms with Crippen LogP contribution in [0.4, 0.5) is 0 Å². The quantitative estimate of drug-likeness (QED) is 0.563. The highest BCUT2D eigenvalue weighted by Gasteiger charge is 2.55.